The number of halogens is 2. The topological polar surface area (TPSA) is 66.8 Å². The number of alkyl halides is 2. The van der Waals surface area contributed by atoms with Gasteiger partial charge in [0.05, 0.1) is 5.56 Å². The first-order valence-corrected chi connectivity index (χ1v) is 7.95. The molecule has 1 amide bonds. The summed E-state index contributed by atoms with van der Waals surface area (Å²) >= 11 is 0. The van der Waals surface area contributed by atoms with Gasteiger partial charge in [-0.2, -0.15) is 8.78 Å². The predicted octanol–water partition coefficient (Wildman–Crippen LogP) is 3.58. The molecule has 7 heteroatoms. The van der Waals surface area contributed by atoms with E-state index in [1.165, 1.54) is 24.3 Å². The van der Waals surface area contributed by atoms with Crippen LogP contribution in [0.2, 0.25) is 0 Å². The highest BCUT2D eigenvalue weighted by Gasteiger charge is 2.11. The number of carboxylic acid groups (broad SMARTS) is 1. The monoisotopic (exact) mass is 363 g/mol. The van der Waals surface area contributed by atoms with E-state index in [-0.39, 0.29) is 23.6 Å². The van der Waals surface area contributed by atoms with Crippen molar-refractivity contribution in [2.24, 2.45) is 0 Å². The van der Waals surface area contributed by atoms with E-state index in [2.05, 4.69) is 4.74 Å². The van der Waals surface area contributed by atoms with Gasteiger partial charge in [-0.3, -0.25) is 4.79 Å². The van der Waals surface area contributed by atoms with Crippen molar-refractivity contribution >= 4 is 11.9 Å². The second kappa shape index (κ2) is 8.94. The van der Waals surface area contributed by atoms with Gasteiger partial charge in [0, 0.05) is 20.0 Å². The second-order valence-electron chi connectivity index (χ2n) is 5.77. The molecule has 0 saturated carbocycles. The Bertz CT molecular complexity index is 745. The zero-order valence-electron chi connectivity index (χ0n) is 14.2. The van der Waals surface area contributed by atoms with Crippen molar-refractivity contribution in [3.63, 3.8) is 0 Å². The van der Waals surface area contributed by atoms with Crippen molar-refractivity contribution < 1.29 is 28.2 Å². The number of rotatable bonds is 8. The first kappa shape index (κ1) is 19.4. The van der Waals surface area contributed by atoms with Crippen LogP contribution >= 0.6 is 0 Å². The maximum atomic E-state index is 12.2. The van der Waals surface area contributed by atoms with Crippen molar-refractivity contribution in [3.8, 4) is 5.75 Å². The Hall–Kier alpha value is -2.96. The minimum atomic E-state index is -2.86. The van der Waals surface area contributed by atoms with Crippen LogP contribution in [0.4, 0.5) is 8.78 Å². The van der Waals surface area contributed by atoms with Gasteiger partial charge in [-0.15, -0.1) is 0 Å². The van der Waals surface area contributed by atoms with Crippen LogP contribution in [0.5, 0.6) is 5.75 Å². The molecule has 0 aliphatic rings. The van der Waals surface area contributed by atoms with Crippen molar-refractivity contribution in [2.75, 3.05) is 7.05 Å². The van der Waals surface area contributed by atoms with Gasteiger partial charge in [0.25, 0.3) is 0 Å². The number of amides is 1. The number of carbonyl (C=O) groups is 2. The Balaban J connectivity index is 1.83. The minimum Gasteiger partial charge on any atom is -0.478 e. The van der Waals surface area contributed by atoms with E-state index >= 15 is 0 Å². The molecular formula is C19H19F2NO4. The van der Waals surface area contributed by atoms with Crippen LogP contribution in [0, 0.1) is 0 Å². The summed E-state index contributed by atoms with van der Waals surface area (Å²) in [7, 11) is 1.67. The summed E-state index contributed by atoms with van der Waals surface area (Å²) < 4.78 is 28.5. The van der Waals surface area contributed by atoms with Gasteiger partial charge in [0.15, 0.2) is 0 Å². The molecule has 2 rings (SSSR count). The van der Waals surface area contributed by atoms with Gasteiger partial charge < -0.3 is 14.7 Å². The fourth-order valence-corrected chi connectivity index (χ4v) is 2.39. The number of ether oxygens (including phenoxy) is 1. The first-order valence-electron chi connectivity index (χ1n) is 7.95. The van der Waals surface area contributed by atoms with Gasteiger partial charge in [0.2, 0.25) is 5.91 Å². The summed E-state index contributed by atoms with van der Waals surface area (Å²) in [5, 5.41) is 8.87. The second-order valence-corrected chi connectivity index (χ2v) is 5.77. The Morgan fingerprint density at radius 1 is 1.04 bits per heavy atom. The van der Waals surface area contributed by atoms with Crippen molar-refractivity contribution in [1.82, 2.24) is 4.90 Å². The molecule has 0 aliphatic carbocycles. The van der Waals surface area contributed by atoms with Crippen LogP contribution in [0.1, 0.15) is 27.9 Å². The Morgan fingerprint density at radius 2 is 1.62 bits per heavy atom. The zero-order chi connectivity index (χ0) is 19.1. The lowest BCUT2D eigenvalue weighted by molar-refractivity contribution is -0.130. The fraction of sp³-hybridized carbons (Fsp3) is 0.263. The standard InChI is InChI=1S/C19H19F2NO4/c1-22(12-14-2-7-15(8-3-14)18(24)25)17(23)11-6-13-4-9-16(10-5-13)26-19(20)21/h2-5,7-10,19H,6,11-12H2,1H3,(H,24,25). The summed E-state index contributed by atoms with van der Waals surface area (Å²) in [5.41, 5.74) is 1.88. The normalized spacial score (nSPS) is 10.6. The summed E-state index contributed by atoms with van der Waals surface area (Å²) in [5.74, 6) is -0.983. The average molecular weight is 363 g/mol. The minimum absolute atomic E-state index is 0.0692. The predicted molar refractivity (Wildman–Crippen MR) is 91.3 cm³/mol. The molecule has 0 unspecified atom stereocenters. The molecule has 0 heterocycles. The quantitative estimate of drug-likeness (QED) is 0.779. The molecule has 0 atom stereocenters. The van der Waals surface area contributed by atoms with Crippen LogP contribution < -0.4 is 4.74 Å². The van der Waals surface area contributed by atoms with E-state index in [0.29, 0.717) is 13.0 Å². The molecule has 2 aromatic carbocycles. The Kier molecular flexibility index (Phi) is 6.66. The Morgan fingerprint density at radius 3 is 2.15 bits per heavy atom. The zero-order valence-corrected chi connectivity index (χ0v) is 14.2. The lowest BCUT2D eigenvalue weighted by atomic mass is 10.1. The number of carboxylic acids is 1. The molecule has 1 N–H and O–H groups in total. The van der Waals surface area contributed by atoms with Gasteiger partial charge in [-0.25, -0.2) is 4.79 Å². The largest absolute Gasteiger partial charge is 0.478 e. The number of benzene rings is 2. The van der Waals surface area contributed by atoms with Gasteiger partial charge in [-0.05, 0) is 41.8 Å². The first-order chi connectivity index (χ1) is 12.3. The highest BCUT2D eigenvalue weighted by atomic mass is 19.3. The third kappa shape index (κ3) is 5.84. The molecule has 138 valence electrons. The van der Waals surface area contributed by atoms with Gasteiger partial charge in [0.1, 0.15) is 5.75 Å². The summed E-state index contributed by atoms with van der Waals surface area (Å²) in [6, 6.07) is 12.5. The lowest BCUT2D eigenvalue weighted by Gasteiger charge is -2.17. The number of aromatic carboxylic acids is 1. The lowest BCUT2D eigenvalue weighted by Crippen LogP contribution is -2.26. The van der Waals surface area contributed by atoms with E-state index in [1.807, 2.05) is 0 Å². The van der Waals surface area contributed by atoms with E-state index in [9.17, 15) is 18.4 Å². The molecule has 26 heavy (non-hydrogen) atoms. The van der Waals surface area contributed by atoms with Crippen LogP contribution in [0.3, 0.4) is 0 Å². The van der Waals surface area contributed by atoms with Crippen molar-refractivity contribution in [3.05, 3.63) is 65.2 Å². The molecule has 0 saturated heterocycles. The molecule has 0 aromatic heterocycles. The molecular weight excluding hydrogens is 344 g/mol. The summed E-state index contributed by atoms with van der Waals surface area (Å²) in [6.45, 7) is -2.49. The highest BCUT2D eigenvalue weighted by molar-refractivity contribution is 5.87. The summed E-state index contributed by atoms with van der Waals surface area (Å²) in [6.07, 6.45) is 0.759. The van der Waals surface area contributed by atoms with E-state index in [1.54, 1.807) is 36.2 Å². The average Bonchev–Trinajstić information content (AvgIpc) is 2.60. The van der Waals surface area contributed by atoms with Crippen molar-refractivity contribution in [1.29, 1.82) is 0 Å². The molecule has 2 aromatic rings. The SMILES string of the molecule is CN(Cc1ccc(C(=O)O)cc1)C(=O)CCc1ccc(OC(F)F)cc1. The Labute approximate surface area is 149 Å². The molecule has 0 aliphatic heterocycles. The van der Waals surface area contributed by atoms with E-state index in [4.69, 9.17) is 5.11 Å². The van der Waals surface area contributed by atoms with Crippen LogP contribution in [-0.2, 0) is 17.8 Å². The molecule has 5 nitrogen and oxygen atoms in total. The maximum absolute atomic E-state index is 12.2. The number of hydrogen-bond acceptors (Lipinski definition) is 3. The van der Waals surface area contributed by atoms with Crippen LogP contribution in [-0.4, -0.2) is 35.5 Å². The third-order valence-corrected chi connectivity index (χ3v) is 3.82. The fourth-order valence-electron chi connectivity index (χ4n) is 2.39. The number of nitrogens with zero attached hydrogens (tertiary/aromatic N) is 1. The number of aryl methyl sites for hydroxylation is 1. The van der Waals surface area contributed by atoms with Crippen LogP contribution in [0.15, 0.2) is 48.5 Å². The van der Waals surface area contributed by atoms with Crippen molar-refractivity contribution in [2.45, 2.75) is 26.0 Å². The molecule has 0 fully saturated rings. The highest BCUT2D eigenvalue weighted by Crippen LogP contribution is 2.16. The number of hydrogen-bond donors (Lipinski definition) is 1. The van der Waals surface area contributed by atoms with E-state index in [0.717, 1.165) is 11.1 Å². The maximum Gasteiger partial charge on any atom is 0.387 e. The smallest absolute Gasteiger partial charge is 0.387 e. The van der Waals surface area contributed by atoms with Gasteiger partial charge in [-0.1, -0.05) is 24.3 Å². The third-order valence-electron chi connectivity index (χ3n) is 3.82. The summed E-state index contributed by atoms with van der Waals surface area (Å²) in [4.78, 5) is 24.6. The van der Waals surface area contributed by atoms with Gasteiger partial charge >= 0.3 is 12.6 Å². The number of carbonyl (C=O) groups excluding carboxylic acids is 1. The van der Waals surface area contributed by atoms with E-state index < -0.39 is 12.6 Å². The molecule has 0 spiro atoms. The molecule has 0 bridgehead atoms. The molecule has 0 radical (unpaired) electrons. The van der Waals surface area contributed by atoms with Crippen LogP contribution in [0.25, 0.3) is 0 Å².